The summed E-state index contributed by atoms with van der Waals surface area (Å²) in [5.74, 6) is -0.572. The summed E-state index contributed by atoms with van der Waals surface area (Å²) in [6.07, 6.45) is 0.557. The molecule has 7 heteroatoms. The lowest BCUT2D eigenvalue weighted by Crippen LogP contribution is -2.31. The highest BCUT2D eigenvalue weighted by Crippen LogP contribution is 2.43. The van der Waals surface area contributed by atoms with Gasteiger partial charge in [0, 0.05) is 28.2 Å². The van der Waals surface area contributed by atoms with Crippen molar-refractivity contribution in [1.82, 2.24) is 4.90 Å². The zero-order valence-electron chi connectivity index (χ0n) is 18.8. The van der Waals surface area contributed by atoms with Gasteiger partial charge in [-0.05, 0) is 36.2 Å². The average molecular weight is 522 g/mol. The van der Waals surface area contributed by atoms with Crippen molar-refractivity contribution >= 4 is 33.4 Å². The van der Waals surface area contributed by atoms with Gasteiger partial charge in [-0.3, -0.25) is 9.59 Å². The molecule has 1 heterocycles. The Morgan fingerprint density at radius 2 is 1.68 bits per heavy atom. The summed E-state index contributed by atoms with van der Waals surface area (Å²) in [6.45, 7) is 0.297. The number of ketones is 1. The normalized spacial score (nSPS) is 17.1. The molecule has 6 nitrogen and oxygen atoms in total. The third-order valence-electron chi connectivity index (χ3n) is 5.88. The molecular formula is C27H24BrNO5. The second-order valence-electron chi connectivity index (χ2n) is 7.84. The van der Waals surface area contributed by atoms with Crippen molar-refractivity contribution in [1.29, 1.82) is 0 Å². The van der Waals surface area contributed by atoms with Gasteiger partial charge < -0.3 is 19.5 Å². The molecule has 0 aliphatic carbocycles. The number of rotatable bonds is 7. The number of hydrogen-bond acceptors (Lipinski definition) is 5. The molecule has 0 saturated carbocycles. The Morgan fingerprint density at radius 1 is 0.971 bits per heavy atom. The lowest BCUT2D eigenvalue weighted by Gasteiger charge is -2.27. The van der Waals surface area contributed by atoms with Gasteiger partial charge in [-0.15, -0.1) is 0 Å². The van der Waals surface area contributed by atoms with Gasteiger partial charge in [0.1, 0.15) is 17.3 Å². The molecule has 3 aromatic rings. The van der Waals surface area contributed by atoms with Crippen LogP contribution < -0.4 is 9.47 Å². The smallest absolute Gasteiger partial charge is 0.295 e. The standard InChI is InChI=1S/C27H24BrNO5/c1-33-20-12-13-21(22(16-20)34-2)24-23(25(30)18-8-10-19(28)11-9-18)26(31)27(32)29(24)15-14-17-6-4-3-5-7-17/h3-13,16,24,30H,14-15H2,1-2H3/b25-23-. The van der Waals surface area contributed by atoms with Crippen molar-refractivity contribution in [3.05, 3.63) is 99.5 Å². The van der Waals surface area contributed by atoms with Crippen LogP contribution in [0.4, 0.5) is 0 Å². The predicted molar refractivity (Wildman–Crippen MR) is 133 cm³/mol. The summed E-state index contributed by atoms with van der Waals surface area (Å²) in [4.78, 5) is 27.9. The number of aliphatic hydroxyl groups is 1. The second kappa shape index (κ2) is 10.1. The van der Waals surface area contributed by atoms with E-state index in [1.165, 1.54) is 12.0 Å². The number of carbonyl (C=O) groups excluding carboxylic acids is 2. The van der Waals surface area contributed by atoms with Crippen molar-refractivity contribution in [2.45, 2.75) is 12.5 Å². The molecule has 0 radical (unpaired) electrons. The van der Waals surface area contributed by atoms with Crippen LogP contribution in [0.3, 0.4) is 0 Å². The monoisotopic (exact) mass is 521 g/mol. The number of nitrogens with zero attached hydrogens (tertiary/aromatic N) is 1. The number of methoxy groups -OCH3 is 2. The van der Waals surface area contributed by atoms with E-state index in [1.54, 1.807) is 49.6 Å². The number of likely N-dealkylation sites (tertiary alicyclic amines) is 1. The minimum Gasteiger partial charge on any atom is -0.507 e. The average Bonchev–Trinajstić information content (AvgIpc) is 3.12. The summed E-state index contributed by atoms with van der Waals surface area (Å²) in [7, 11) is 3.07. The van der Waals surface area contributed by atoms with Crippen molar-refractivity contribution in [3.63, 3.8) is 0 Å². The van der Waals surface area contributed by atoms with Crippen LogP contribution >= 0.6 is 15.9 Å². The van der Waals surface area contributed by atoms with E-state index in [0.29, 0.717) is 35.6 Å². The molecule has 1 amide bonds. The van der Waals surface area contributed by atoms with Gasteiger partial charge in [-0.2, -0.15) is 0 Å². The first kappa shape index (κ1) is 23.6. The van der Waals surface area contributed by atoms with E-state index in [-0.39, 0.29) is 11.3 Å². The molecule has 1 unspecified atom stereocenters. The quantitative estimate of drug-likeness (QED) is 0.265. The first-order valence-electron chi connectivity index (χ1n) is 10.7. The van der Waals surface area contributed by atoms with Gasteiger partial charge in [-0.25, -0.2) is 0 Å². The molecule has 4 rings (SSSR count). The third kappa shape index (κ3) is 4.56. The highest BCUT2D eigenvalue weighted by atomic mass is 79.9. The topological polar surface area (TPSA) is 76.1 Å². The molecule has 1 N–H and O–H groups in total. The van der Waals surface area contributed by atoms with Crippen molar-refractivity contribution in [2.24, 2.45) is 0 Å². The van der Waals surface area contributed by atoms with Crippen LogP contribution in [0.25, 0.3) is 5.76 Å². The van der Waals surface area contributed by atoms with Crippen molar-refractivity contribution < 1.29 is 24.2 Å². The van der Waals surface area contributed by atoms with E-state index in [2.05, 4.69) is 15.9 Å². The Kier molecular flexibility index (Phi) is 7.03. The first-order valence-corrected chi connectivity index (χ1v) is 11.5. The highest BCUT2D eigenvalue weighted by Gasteiger charge is 2.46. The van der Waals surface area contributed by atoms with Crippen LogP contribution in [-0.2, 0) is 16.0 Å². The van der Waals surface area contributed by atoms with E-state index in [9.17, 15) is 14.7 Å². The molecule has 1 aliphatic heterocycles. The first-order chi connectivity index (χ1) is 16.4. The molecule has 34 heavy (non-hydrogen) atoms. The number of aliphatic hydroxyl groups excluding tert-OH is 1. The fourth-order valence-electron chi connectivity index (χ4n) is 4.14. The molecule has 1 saturated heterocycles. The maximum Gasteiger partial charge on any atom is 0.295 e. The number of hydrogen-bond donors (Lipinski definition) is 1. The van der Waals surface area contributed by atoms with Crippen LogP contribution in [0.5, 0.6) is 11.5 Å². The minimum absolute atomic E-state index is 0.0313. The molecule has 174 valence electrons. The fraction of sp³-hybridized carbons (Fsp3) is 0.185. The summed E-state index contributed by atoms with van der Waals surface area (Å²) in [5, 5.41) is 11.2. The lowest BCUT2D eigenvalue weighted by atomic mass is 9.94. The fourth-order valence-corrected chi connectivity index (χ4v) is 4.40. The molecule has 0 aromatic heterocycles. The van der Waals surface area contributed by atoms with Gasteiger partial charge in [0.25, 0.3) is 11.7 Å². The van der Waals surface area contributed by atoms with Crippen LogP contribution in [-0.4, -0.2) is 42.5 Å². The SMILES string of the molecule is COc1ccc(C2/C(=C(/O)c3ccc(Br)cc3)C(=O)C(=O)N2CCc2ccccc2)c(OC)c1. The van der Waals surface area contributed by atoms with Crippen LogP contribution in [0.2, 0.25) is 0 Å². The molecule has 0 bridgehead atoms. The summed E-state index contributed by atoms with van der Waals surface area (Å²) < 4.78 is 11.7. The van der Waals surface area contributed by atoms with E-state index in [4.69, 9.17) is 9.47 Å². The molecule has 0 spiro atoms. The Hall–Kier alpha value is -3.58. The zero-order valence-corrected chi connectivity index (χ0v) is 20.4. The van der Waals surface area contributed by atoms with Gasteiger partial charge in [0.05, 0.1) is 25.8 Å². The van der Waals surface area contributed by atoms with E-state index in [1.807, 2.05) is 30.3 Å². The summed E-state index contributed by atoms with van der Waals surface area (Å²) >= 11 is 3.38. The maximum absolute atomic E-state index is 13.2. The number of ether oxygens (including phenoxy) is 2. The molecule has 1 atom stereocenters. The van der Waals surface area contributed by atoms with Gasteiger partial charge in [0.15, 0.2) is 0 Å². The number of carbonyl (C=O) groups is 2. The lowest BCUT2D eigenvalue weighted by molar-refractivity contribution is -0.139. The zero-order chi connectivity index (χ0) is 24.2. The van der Waals surface area contributed by atoms with Gasteiger partial charge in [0.2, 0.25) is 0 Å². The van der Waals surface area contributed by atoms with Crippen LogP contribution in [0.1, 0.15) is 22.7 Å². The maximum atomic E-state index is 13.2. The summed E-state index contributed by atoms with van der Waals surface area (Å²) in [6, 6.07) is 21.1. The van der Waals surface area contributed by atoms with E-state index >= 15 is 0 Å². The van der Waals surface area contributed by atoms with Crippen LogP contribution in [0.15, 0.2) is 82.8 Å². The highest BCUT2D eigenvalue weighted by molar-refractivity contribution is 9.10. The minimum atomic E-state index is -0.812. The Balaban J connectivity index is 1.84. The van der Waals surface area contributed by atoms with Crippen molar-refractivity contribution in [3.8, 4) is 11.5 Å². The third-order valence-corrected chi connectivity index (χ3v) is 6.41. The second-order valence-corrected chi connectivity index (χ2v) is 8.76. The number of halogens is 1. The molecule has 3 aromatic carbocycles. The summed E-state index contributed by atoms with van der Waals surface area (Å²) in [5.41, 5.74) is 2.11. The Labute approximate surface area is 206 Å². The Morgan fingerprint density at radius 3 is 2.32 bits per heavy atom. The number of Topliss-reactive ketones (excluding diaryl/α,β-unsaturated/α-hetero) is 1. The molecule has 1 fully saturated rings. The van der Waals surface area contributed by atoms with Gasteiger partial charge in [-0.1, -0.05) is 58.4 Å². The predicted octanol–water partition coefficient (Wildman–Crippen LogP) is 5.13. The number of benzene rings is 3. The van der Waals surface area contributed by atoms with Crippen LogP contribution in [0, 0.1) is 0 Å². The van der Waals surface area contributed by atoms with Gasteiger partial charge >= 0.3 is 0 Å². The molecular weight excluding hydrogens is 498 g/mol. The Bertz CT molecular complexity index is 1240. The van der Waals surface area contributed by atoms with E-state index in [0.717, 1.165) is 10.0 Å². The van der Waals surface area contributed by atoms with E-state index < -0.39 is 17.7 Å². The largest absolute Gasteiger partial charge is 0.507 e. The number of amides is 1. The van der Waals surface area contributed by atoms with Crippen molar-refractivity contribution in [2.75, 3.05) is 20.8 Å². The molecule has 1 aliphatic rings.